The van der Waals surface area contributed by atoms with Crippen molar-refractivity contribution >= 4 is 35.8 Å². The molecule has 0 spiro atoms. The zero-order valence-corrected chi connectivity index (χ0v) is 16.1. The predicted octanol–water partition coefficient (Wildman–Crippen LogP) is 1.51. The van der Waals surface area contributed by atoms with Crippen LogP contribution >= 0.6 is 24.0 Å². The van der Waals surface area contributed by atoms with E-state index in [-0.39, 0.29) is 36.4 Å². The van der Waals surface area contributed by atoms with Gasteiger partial charge in [0.2, 0.25) is 5.91 Å². The van der Waals surface area contributed by atoms with Gasteiger partial charge in [-0.1, -0.05) is 30.3 Å². The summed E-state index contributed by atoms with van der Waals surface area (Å²) in [5.41, 5.74) is 1.08. The van der Waals surface area contributed by atoms with Crippen LogP contribution in [0.4, 0.5) is 0 Å². The van der Waals surface area contributed by atoms with Gasteiger partial charge in [-0.3, -0.25) is 9.79 Å². The molecule has 0 saturated heterocycles. The van der Waals surface area contributed by atoms with Crippen LogP contribution in [0.15, 0.2) is 35.3 Å². The van der Waals surface area contributed by atoms with Crippen molar-refractivity contribution in [3.8, 4) is 0 Å². The van der Waals surface area contributed by atoms with Crippen LogP contribution in [0.25, 0.3) is 0 Å². The normalized spacial score (nSPS) is 10.6. The first kappa shape index (κ1) is 21.6. The van der Waals surface area contributed by atoms with Gasteiger partial charge in [-0.2, -0.15) is 0 Å². The molecule has 0 aliphatic rings. The summed E-state index contributed by atoms with van der Waals surface area (Å²) in [4.78, 5) is 15.8. The molecular formula is C16H27IN4O2. The molecule has 6 nitrogen and oxygen atoms in total. The predicted molar refractivity (Wildman–Crippen MR) is 104 cm³/mol. The van der Waals surface area contributed by atoms with Gasteiger partial charge in [-0.15, -0.1) is 24.0 Å². The van der Waals surface area contributed by atoms with Gasteiger partial charge in [0.1, 0.15) is 0 Å². The first-order valence-corrected chi connectivity index (χ1v) is 7.59. The lowest BCUT2D eigenvalue weighted by Crippen LogP contribution is -2.43. The molecule has 0 bridgehead atoms. The number of benzene rings is 1. The molecule has 23 heavy (non-hydrogen) atoms. The van der Waals surface area contributed by atoms with E-state index in [1.54, 1.807) is 7.05 Å². The molecule has 3 N–H and O–H groups in total. The van der Waals surface area contributed by atoms with Crippen molar-refractivity contribution in [2.45, 2.75) is 19.9 Å². The van der Waals surface area contributed by atoms with Crippen LogP contribution in [0.3, 0.4) is 0 Å². The van der Waals surface area contributed by atoms with E-state index in [0.29, 0.717) is 12.5 Å². The first-order valence-electron chi connectivity index (χ1n) is 7.59. The second kappa shape index (κ2) is 14.3. The SMILES string of the molecule is CCOCCCNC(=NC)NCC(=O)NCc1ccccc1.I. The van der Waals surface area contributed by atoms with E-state index >= 15 is 0 Å². The molecule has 0 aliphatic heterocycles. The van der Waals surface area contributed by atoms with Crippen LogP contribution in [0.5, 0.6) is 0 Å². The van der Waals surface area contributed by atoms with Crippen molar-refractivity contribution in [3.05, 3.63) is 35.9 Å². The molecule has 1 amide bonds. The number of halogens is 1. The smallest absolute Gasteiger partial charge is 0.239 e. The molecule has 0 fully saturated rings. The maximum absolute atomic E-state index is 11.8. The molecule has 0 aliphatic carbocycles. The molecule has 0 saturated carbocycles. The Morgan fingerprint density at radius 1 is 1.17 bits per heavy atom. The maximum Gasteiger partial charge on any atom is 0.239 e. The number of rotatable bonds is 9. The maximum atomic E-state index is 11.8. The highest BCUT2D eigenvalue weighted by Crippen LogP contribution is 1.96. The summed E-state index contributed by atoms with van der Waals surface area (Å²) in [5, 5.41) is 8.98. The van der Waals surface area contributed by atoms with Crippen molar-refractivity contribution in [1.29, 1.82) is 0 Å². The second-order valence-electron chi connectivity index (χ2n) is 4.67. The van der Waals surface area contributed by atoms with Crippen LogP contribution in [0.1, 0.15) is 18.9 Å². The molecule has 0 aromatic heterocycles. The molecule has 0 radical (unpaired) electrons. The molecule has 1 aromatic carbocycles. The Morgan fingerprint density at radius 3 is 2.57 bits per heavy atom. The number of carbonyl (C=O) groups excluding carboxylic acids is 1. The molecule has 130 valence electrons. The zero-order valence-electron chi connectivity index (χ0n) is 13.8. The van der Waals surface area contributed by atoms with Gasteiger partial charge in [0.15, 0.2) is 5.96 Å². The minimum atomic E-state index is -0.0684. The number of guanidine groups is 1. The Hall–Kier alpha value is -1.35. The number of nitrogens with zero attached hydrogens (tertiary/aromatic N) is 1. The summed E-state index contributed by atoms with van der Waals surface area (Å²) in [5.74, 6) is 0.549. The molecular weight excluding hydrogens is 407 g/mol. The summed E-state index contributed by atoms with van der Waals surface area (Å²) in [6.07, 6.45) is 0.898. The van der Waals surface area contributed by atoms with Crippen LogP contribution in [0.2, 0.25) is 0 Å². The van der Waals surface area contributed by atoms with Crippen molar-refractivity contribution in [2.24, 2.45) is 4.99 Å². The Bertz CT molecular complexity index is 455. The number of hydrogen-bond acceptors (Lipinski definition) is 3. The third-order valence-electron chi connectivity index (χ3n) is 2.93. The van der Waals surface area contributed by atoms with Crippen molar-refractivity contribution in [2.75, 3.05) is 33.4 Å². The van der Waals surface area contributed by atoms with Gasteiger partial charge >= 0.3 is 0 Å². The van der Waals surface area contributed by atoms with E-state index in [9.17, 15) is 4.79 Å². The Labute approximate surface area is 155 Å². The van der Waals surface area contributed by atoms with Crippen LogP contribution in [-0.4, -0.2) is 45.2 Å². The third kappa shape index (κ3) is 10.9. The Balaban J connectivity index is 0.00000484. The fourth-order valence-corrected chi connectivity index (χ4v) is 1.77. The fraction of sp³-hybridized carbons (Fsp3) is 0.500. The average molecular weight is 434 g/mol. The minimum Gasteiger partial charge on any atom is -0.382 e. The summed E-state index contributed by atoms with van der Waals surface area (Å²) < 4.78 is 5.26. The van der Waals surface area contributed by atoms with E-state index in [1.165, 1.54) is 0 Å². The summed E-state index contributed by atoms with van der Waals surface area (Å²) in [6, 6.07) is 9.81. The highest BCUT2D eigenvalue weighted by atomic mass is 127. The summed E-state index contributed by atoms with van der Waals surface area (Å²) >= 11 is 0. The van der Waals surface area contributed by atoms with Crippen molar-refractivity contribution in [3.63, 3.8) is 0 Å². The Morgan fingerprint density at radius 2 is 1.91 bits per heavy atom. The van der Waals surface area contributed by atoms with Crippen molar-refractivity contribution in [1.82, 2.24) is 16.0 Å². The van der Waals surface area contributed by atoms with Crippen LogP contribution in [-0.2, 0) is 16.1 Å². The largest absolute Gasteiger partial charge is 0.382 e. The van der Waals surface area contributed by atoms with E-state index in [2.05, 4.69) is 20.9 Å². The fourth-order valence-electron chi connectivity index (χ4n) is 1.77. The third-order valence-corrected chi connectivity index (χ3v) is 2.93. The van der Waals surface area contributed by atoms with E-state index in [4.69, 9.17) is 4.74 Å². The minimum absolute atomic E-state index is 0. The number of hydrogen-bond donors (Lipinski definition) is 3. The molecule has 1 aromatic rings. The molecule has 7 heteroatoms. The van der Waals surface area contributed by atoms with Gasteiger partial charge in [-0.25, -0.2) is 0 Å². The van der Waals surface area contributed by atoms with Gasteiger partial charge < -0.3 is 20.7 Å². The number of amides is 1. The highest BCUT2D eigenvalue weighted by Gasteiger charge is 2.03. The first-order chi connectivity index (χ1) is 10.8. The molecule has 1 rings (SSSR count). The van der Waals surface area contributed by atoms with Crippen LogP contribution in [0, 0.1) is 0 Å². The molecule has 0 heterocycles. The standard InChI is InChI=1S/C16H26N4O2.HI/c1-3-22-11-7-10-18-16(17-2)20-13-15(21)19-12-14-8-5-4-6-9-14;/h4-6,8-9H,3,7,10-13H2,1-2H3,(H,19,21)(H2,17,18,20);1H. The van der Waals surface area contributed by atoms with Crippen molar-refractivity contribution < 1.29 is 9.53 Å². The molecule has 0 unspecified atom stereocenters. The average Bonchev–Trinajstić information content (AvgIpc) is 2.56. The lowest BCUT2D eigenvalue weighted by molar-refractivity contribution is -0.120. The van der Waals surface area contributed by atoms with Crippen LogP contribution < -0.4 is 16.0 Å². The highest BCUT2D eigenvalue weighted by molar-refractivity contribution is 14.0. The van der Waals surface area contributed by atoms with E-state index < -0.39 is 0 Å². The van der Waals surface area contributed by atoms with E-state index in [1.807, 2.05) is 37.3 Å². The zero-order chi connectivity index (χ0) is 16.0. The monoisotopic (exact) mass is 434 g/mol. The lowest BCUT2D eigenvalue weighted by Gasteiger charge is -2.12. The second-order valence-corrected chi connectivity index (χ2v) is 4.67. The number of nitrogens with one attached hydrogen (secondary N) is 3. The number of ether oxygens (including phenoxy) is 1. The van der Waals surface area contributed by atoms with Gasteiger partial charge in [0.05, 0.1) is 6.54 Å². The van der Waals surface area contributed by atoms with E-state index in [0.717, 1.165) is 31.7 Å². The quantitative estimate of drug-likeness (QED) is 0.239. The molecule has 0 atom stereocenters. The summed E-state index contributed by atoms with van der Waals surface area (Å²) in [7, 11) is 1.68. The van der Waals surface area contributed by atoms with Gasteiger partial charge in [-0.05, 0) is 18.9 Å². The number of carbonyl (C=O) groups is 1. The number of aliphatic imine (C=N–C) groups is 1. The Kier molecular flexibility index (Phi) is 13.4. The van der Waals surface area contributed by atoms with Gasteiger partial charge in [0.25, 0.3) is 0 Å². The topological polar surface area (TPSA) is 74.8 Å². The summed E-state index contributed by atoms with van der Waals surface area (Å²) in [6.45, 7) is 4.90. The van der Waals surface area contributed by atoms with Gasteiger partial charge in [0, 0.05) is 33.4 Å². The lowest BCUT2D eigenvalue weighted by atomic mass is 10.2.